The van der Waals surface area contributed by atoms with Crippen molar-refractivity contribution < 1.29 is 13.2 Å². The summed E-state index contributed by atoms with van der Waals surface area (Å²) in [4.78, 5) is 15.0. The first-order valence-electron chi connectivity index (χ1n) is 9.68. The van der Waals surface area contributed by atoms with E-state index in [4.69, 9.17) is 11.6 Å². The molecule has 2 aliphatic rings. The van der Waals surface area contributed by atoms with Crippen molar-refractivity contribution in [2.75, 3.05) is 24.4 Å². The maximum Gasteiger partial charge on any atom is 0.270 e. The minimum absolute atomic E-state index is 0.171. The van der Waals surface area contributed by atoms with Gasteiger partial charge >= 0.3 is 0 Å². The van der Waals surface area contributed by atoms with Crippen LogP contribution in [0.4, 0.5) is 5.69 Å². The summed E-state index contributed by atoms with van der Waals surface area (Å²) in [7, 11) is -2.53. The number of carbonyl (C=O) groups excluding carboxylic acids is 1. The van der Waals surface area contributed by atoms with Crippen LogP contribution in [0.5, 0.6) is 0 Å². The zero-order valence-electron chi connectivity index (χ0n) is 16.4. The molecule has 2 aliphatic heterocycles. The number of halogens is 1. The summed E-state index contributed by atoms with van der Waals surface area (Å²) < 4.78 is 28.1. The molecule has 152 valence electrons. The molecule has 0 aliphatic carbocycles. The van der Waals surface area contributed by atoms with Gasteiger partial charge < -0.3 is 4.90 Å². The molecule has 0 N–H and O–H groups in total. The van der Waals surface area contributed by atoms with Crippen LogP contribution in [0.15, 0.2) is 53.4 Å². The van der Waals surface area contributed by atoms with Gasteiger partial charge in [-0.3, -0.25) is 9.10 Å². The van der Waals surface area contributed by atoms with Gasteiger partial charge in [0.25, 0.3) is 15.9 Å². The molecule has 1 saturated heterocycles. The molecule has 4 rings (SSSR count). The van der Waals surface area contributed by atoms with Crippen LogP contribution >= 0.6 is 11.6 Å². The van der Waals surface area contributed by atoms with Gasteiger partial charge in [0, 0.05) is 36.3 Å². The van der Waals surface area contributed by atoms with Crippen molar-refractivity contribution in [2.24, 2.45) is 5.92 Å². The van der Waals surface area contributed by atoms with Gasteiger partial charge in [-0.05, 0) is 42.5 Å². The molecule has 0 unspecified atom stereocenters. The average Bonchev–Trinajstić information content (AvgIpc) is 2.71. The molecule has 5 nitrogen and oxygen atoms in total. The largest absolute Gasteiger partial charge is 0.338 e. The monoisotopic (exact) mass is 430 g/mol. The van der Waals surface area contributed by atoms with Crippen molar-refractivity contribution in [1.29, 1.82) is 0 Å². The second-order valence-corrected chi connectivity index (χ2v) is 10.0. The van der Waals surface area contributed by atoms with Crippen LogP contribution in [0.3, 0.4) is 0 Å². The number of rotatable bonds is 2. The second-order valence-electron chi connectivity index (χ2n) is 7.68. The number of anilines is 1. The van der Waals surface area contributed by atoms with Gasteiger partial charge in [-0.15, -0.1) is 0 Å². The molecule has 7 heteroatoms. The first kappa shape index (κ1) is 20.0. The third kappa shape index (κ3) is 3.45. The van der Waals surface area contributed by atoms with Gasteiger partial charge in [0.05, 0.1) is 5.69 Å². The molecule has 0 saturated carbocycles. The number of likely N-dealkylation sites (tertiary alicyclic amines) is 1. The summed E-state index contributed by atoms with van der Waals surface area (Å²) in [6, 6.07) is 14.3. The van der Waals surface area contributed by atoms with Crippen molar-refractivity contribution in [2.45, 2.75) is 19.8 Å². The van der Waals surface area contributed by atoms with Crippen LogP contribution in [0.25, 0.3) is 5.57 Å². The fraction of sp³-hybridized carbons (Fsp3) is 0.318. The zero-order chi connectivity index (χ0) is 20.8. The fourth-order valence-corrected chi connectivity index (χ4v) is 5.66. The van der Waals surface area contributed by atoms with Crippen molar-refractivity contribution in [3.05, 3.63) is 69.6 Å². The second kappa shape index (κ2) is 7.50. The van der Waals surface area contributed by atoms with E-state index >= 15 is 0 Å². The Kier molecular flexibility index (Phi) is 5.17. The van der Waals surface area contributed by atoms with E-state index in [9.17, 15) is 13.2 Å². The van der Waals surface area contributed by atoms with Crippen LogP contribution in [0, 0.1) is 5.92 Å². The van der Waals surface area contributed by atoms with Crippen LogP contribution in [0.2, 0.25) is 5.02 Å². The van der Waals surface area contributed by atoms with Gasteiger partial charge in [0.15, 0.2) is 4.91 Å². The van der Waals surface area contributed by atoms with E-state index in [1.54, 1.807) is 23.1 Å². The quantitative estimate of drug-likeness (QED) is 0.719. The van der Waals surface area contributed by atoms with Gasteiger partial charge in [-0.2, -0.15) is 0 Å². The number of amides is 1. The maximum absolute atomic E-state index is 13.5. The number of hydrogen-bond acceptors (Lipinski definition) is 3. The summed E-state index contributed by atoms with van der Waals surface area (Å²) in [6.45, 7) is 3.28. The average molecular weight is 431 g/mol. The van der Waals surface area contributed by atoms with Gasteiger partial charge in [0.2, 0.25) is 0 Å². The van der Waals surface area contributed by atoms with Gasteiger partial charge in [-0.25, -0.2) is 8.42 Å². The maximum atomic E-state index is 13.5. The van der Waals surface area contributed by atoms with Crippen LogP contribution < -0.4 is 4.31 Å². The molecule has 0 aromatic heterocycles. The van der Waals surface area contributed by atoms with Crippen LogP contribution in [0.1, 0.15) is 30.9 Å². The number of benzene rings is 2. The standard InChI is InChI=1S/C22H23ClN2O3S/c1-15-10-12-25(13-11-15)22(26)21-20(16-6-4-3-5-7-16)18-14-17(23)8-9-19(18)24(2)29(21,27)28/h3-9,14-15H,10-13H2,1-2H3. The van der Waals surface area contributed by atoms with E-state index in [-0.39, 0.29) is 4.91 Å². The molecular weight excluding hydrogens is 408 g/mol. The van der Waals surface area contributed by atoms with Gasteiger partial charge in [-0.1, -0.05) is 48.9 Å². The van der Waals surface area contributed by atoms with Gasteiger partial charge in [0.1, 0.15) is 0 Å². The van der Waals surface area contributed by atoms with Crippen molar-refractivity contribution in [3.63, 3.8) is 0 Å². The predicted molar refractivity (Wildman–Crippen MR) is 116 cm³/mol. The highest BCUT2D eigenvalue weighted by atomic mass is 35.5. The molecule has 1 amide bonds. The Morgan fingerprint density at radius 3 is 2.38 bits per heavy atom. The smallest absolute Gasteiger partial charge is 0.270 e. The number of piperidine rings is 1. The van der Waals surface area contributed by atoms with Crippen LogP contribution in [-0.4, -0.2) is 39.4 Å². The lowest BCUT2D eigenvalue weighted by Crippen LogP contribution is -2.44. The molecule has 2 aromatic carbocycles. The Morgan fingerprint density at radius 2 is 1.72 bits per heavy atom. The zero-order valence-corrected chi connectivity index (χ0v) is 18.0. The Morgan fingerprint density at radius 1 is 1.07 bits per heavy atom. The SMILES string of the molecule is CC1CCN(C(=O)C2=C(c3ccccc3)c3cc(Cl)ccc3N(C)S2(=O)=O)CC1. The summed E-state index contributed by atoms with van der Waals surface area (Å²) in [5.41, 5.74) is 2.26. The number of carbonyl (C=O) groups is 1. The topological polar surface area (TPSA) is 57.7 Å². The van der Waals surface area contributed by atoms with E-state index in [2.05, 4.69) is 6.92 Å². The Balaban J connectivity index is 1.99. The number of fused-ring (bicyclic) bond motifs is 1. The Hall–Kier alpha value is -2.31. The van der Waals surface area contributed by atoms with E-state index in [1.807, 2.05) is 30.3 Å². The van der Waals surface area contributed by atoms with Crippen molar-refractivity contribution in [1.82, 2.24) is 4.90 Å². The highest BCUT2D eigenvalue weighted by Gasteiger charge is 2.41. The molecule has 0 radical (unpaired) electrons. The third-order valence-electron chi connectivity index (χ3n) is 5.74. The molecule has 1 fully saturated rings. The molecule has 0 bridgehead atoms. The third-order valence-corrected chi connectivity index (χ3v) is 7.79. The summed E-state index contributed by atoms with van der Waals surface area (Å²) in [5, 5.41) is 0.489. The Labute approximate surface area is 176 Å². The molecule has 29 heavy (non-hydrogen) atoms. The lowest BCUT2D eigenvalue weighted by atomic mass is 9.94. The molecule has 2 aromatic rings. The fourth-order valence-electron chi connectivity index (χ4n) is 3.96. The molecule has 0 atom stereocenters. The first-order chi connectivity index (χ1) is 13.8. The predicted octanol–water partition coefficient (Wildman–Crippen LogP) is 4.14. The Bertz CT molecular complexity index is 1090. The van der Waals surface area contributed by atoms with E-state index in [0.29, 0.717) is 46.4 Å². The number of hydrogen-bond donors (Lipinski definition) is 0. The van der Waals surface area contributed by atoms with Crippen molar-refractivity contribution >= 4 is 38.8 Å². The highest BCUT2D eigenvalue weighted by molar-refractivity contribution is 7.97. The minimum Gasteiger partial charge on any atom is -0.338 e. The van der Waals surface area contributed by atoms with Crippen molar-refractivity contribution in [3.8, 4) is 0 Å². The molecule has 0 spiro atoms. The first-order valence-corrected chi connectivity index (χ1v) is 11.5. The van der Waals surface area contributed by atoms with E-state index < -0.39 is 15.9 Å². The molecule has 2 heterocycles. The summed E-state index contributed by atoms with van der Waals surface area (Å²) in [6.07, 6.45) is 1.75. The van der Waals surface area contributed by atoms with E-state index in [1.165, 1.54) is 11.4 Å². The summed E-state index contributed by atoms with van der Waals surface area (Å²) >= 11 is 6.25. The normalized spacial score (nSPS) is 19.3. The highest BCUT2D eigenvalue weighted by Crippen LogP contribution is 2.43. The lowest BCUT2D eigenvalue weighted by Gasteiger charge is -2.35. The number of sulfonamides is 1. The van der Waals surface area contributed by atoms with E-state index in [0.717, 1.165) is 12.8 Å². The summed E-state index contributed by atoms with van der Waals surface area (Å²) in [5.74, 6) is 0.0972. The molecular formula is C22H23ClN2O3S. The number of nitrogens with zero attached hydrogens (tertiary/aromatic N) is 2. The van der Waals surface area contributed by atoms with Crippen LogP contribution in [-0.2, 0) is 14.8 Å². The minimum atomic E-state index is -4.01. The lowest BCUT2D eigenvalue weighted by molar-refractivity contribution is -0.127.